The van der Waals surface area contributed by atoms with Crippen molar-refractivity contribution in [2.75, 3.05) is 13.2 Å². The third kappa shape index (κ3) is 9.48. The van der Waals surface area contributed by atoms with Crippen LogP contribution in [-0.2, 0) is 25.5 Å². The molecule has 1 aliphatic heterocycles. The Kier molecular flexibility index (Phi) is 10.6. The summed E-state index contributed by atoms with van der Waals surface area (Å²) in [4.78, 5) is 64.5. The Bertz CT molecular complexity index is 1530. The highest BCUT2D eigenvalue weighted by Crippen LogP contribution is 2.27. The third-order valence-corrected chi connectivity index (χ3v) is 6.13. The number of benzene rings is 1. The highest BCUT2D eigenvalue weighted by molar-refractivity contribution is 6.20. The van der Waals surface area contributed by atoms with Crippen molar-refractivity contribution >= 4 is 23.9 Å². The Morgan fingerprint density at radius 2 is 1.57 bits per heavy atom. The van der Waals surface area contributed by atoms with Crippen LogP contribution in [0.2, 0.25) is 0 Å². The molecule has 0 aliphatic carbocycles. The van der Waals surface area contributed by atoms with Crippen LogP contribution in [0.15, 0.2) is 61.1 Å². The molecule has 2 aromatic heterocycles. The van der Waals surface area contributed by atoms with Gasteiger partial charge in [0.05, 0.1) is 17.3 Å². The number of hydrogen-bond donors (Lipinski definition) is 1. The maximum absolute atomic E-state index is 13.0. The normalized spacial score (nSPS) is 13.6. The van der Waals surface area contributed by atoms with Crippen molar-refractivity contribution in [1.82, 2.24) is 20.3 Å². The van der Waals surface area contributed by atoms with Crippen LogP contribution in [0.25, 0.3) is 0 Å². The number of ether oxygens (including phenoxy) is 4. The maximum Gasteiger partial charge on any atom is 0.407 e. The van der Waals surface area contributed by atoms with Crippen LogP contribution in [0.3, 0.4) is 0 Å². The van der Waals surface area contributed by atoms with Gasteiger partial charge in [0.15, 0.2) is 0 Å². The van der Waals surface area contributed by atoms with Gasteiger partial charge in [-0.15, -0.1) is 5.06 Å². The van der Waals surface area contributed by atoms with E-state index in [9.17, 15) is 19.2 Å². The van der Waals surface area contributed by atoms with Crippen molar-refractivity contribution in [1.29, 1.82) is 0 Å². The van der Waals surface area contributed by atoms with Crippen LogP contribution >= 0.6 is 0 Å². The van der Waals surface area contributed by atoms with E-state index in [-0.39, 0.29) is 29.4 Å². The number of rotatable bonds is 12. The molecule has 1 atom stereocenters. The molecule has 3 aromatic rings. The summed E-state index contributed by atoms with van der Waals surface area (Å²) in [6, 6.07) is 11.1. The molecule has 244 valence electrons. The Balaban J connectivity index is 1.35. The van der Waals surface area contributed by atoms with Gasteiger partial charge in [0, 0.05) is 30.6 Å². The molecule has 4 rings (SSSR count). The van der Waals surface area contributed by atoms with Crippen molar-refractivity contribution < 1.29 is 43.0 Å². The second-order valence-electron chi connectivity index (χ2n) is 12.3. The average molecular weight is 635 g/mol. The molecule has 1 N–H and O–H groups in total. The molecule has 46 heavy (non-hydrogen) atoms. The van der Waals surface area contributed by atoms with E-state index in [4.69, 9.17) is 23.8 Å². The summed E-state index contributed by atoms with van der Waals surface area (Å²) in [6.07, 6.45) is 3.97. The lowest BCUT2D eigenvalue weighted by molar-refractivity contribution is -0.193. The minimum Gasteiger partial charge on any atom is -0.489 e. The quantitative estimate of drug-likeness (QED) is 0.162. The lowest BCUT2D eigenvalue weighted by Gasteiger charge is -2.25. The number of nitrogens with zero attached hydrogens (tertiary/aromatic N) is 3. The third-order valence-electron chi connectivity index (χ3n) is 6.13. The van der Waals surface area contributed by atoms with Crippen molar-refractivity contribution in [2.24, 2.45) is 0 Å². The van der Waals surface area contributed by atoms with Gasteiger partial charge >= 0.3 is 12.1 Å². The van der Waals surface area contributed by atoms with E-state index in [2.05, 4.69) is 15.3 Å². The molecule has 0 bridgehead atoms. The zero-order valence-corrected chi connectivity index (χ0v) is 26.7. The van der Waals surface area contributed by atoms with E-state index in [1.54, 1.807) is 84.3 Å². The van der Waals surface area contributed by atoms with Gasteiger partial charge in [-0.2, -0.15) is 0 Å². The van der Waals surface area contributed by atoms with E-state index in [0.717, 1.165) is 5.56 Å². The maximum atomic E-state index is 13.0. The highest BCUT2D eigenvalue weighted by Gasteiger charge is 2.40. The number of aromatic nitrogens is 2. The standard InChI is InChI=1S/C33H38N4O9/c1-32(2,3)44-30(40)26(46-37-28(38)23-11-7-8-12-24(23)29(37)39)20-42-22-13-14-27(36-19-22)43-25-15-17-34-18-21(25)10-9-16-35-31(41)45-33(4,5)6/h7-8,11-15,17-19,26H,9-10,16,20H2,1-6H3,(H,35,41). The number of nitrogens with one attached hydrogen (secondary N) is 1. The molecular weight excluding hydrogens is 596 g/mol. The number of amides is 3. The molecule has 13 nitrogen and oxygen atoms in total. The van der Waals surface area contributed by atoms with Crippen molar-refractivity contribution in [3.63, 3.8) is 0 Å². The minimum absolute atomic E-state index is 0.172. The van der Waals surface area contributed by atoms with Crippen molar-refractivity contribution in [3.05, 3.63) is 77.7 Å². The second kappa shape index (κ2) is 14.4. The van der Waals surface area contributed by atoms with Crippen molar-refractivity contribution in [3.8, 4) is 17.4 Å². The highest BCUT2D eigenvalue weighted by atomic mass is 16.7. The van der Waals surface area contributed by atoms with Gasteiger partial charge in [0.1, 0.15) is 29.3 Å². The first-order valence-electron chi connectivity index (χ1n) is 14.7. The monoisotopic (exact) mass is 634 g/mol. The number of aryl methyl sites for hydroxylation is 1. The lowest BCUT2D eigenvalue weighted by atomic mass is 10.1. The summed E-state index contributed by atoms with van der Waals surface area (Å²) in [5.41, 5.74) is -0.267. The Morgan fingerprint density at radius 1 is 0.891 bits per heavy atom. The lowest BCUT2D eigenvalue weighted by Crippen LogP contribution is -2.43. The zero-order valence-electron chi connectivity index (χ0n) is 26.7. The summed E-state index contributed by atoms with van der Waals surface area (Å²) in [6.45, 7) is 10.5. The van der Waals surface area contributed by atoms with E-state index in [1.807, 2.05) is 0 Å². The molecule has 0 fully saturated rings. The zero-order chi connectivity index (χ0) is 33.5. The Hall–Kier alpha value is -5.04. The fourth-order valence-corrected chi connectivity index (χ4v) is 4.18. The molecule has 0 saturated carbocycles. The summed E-state index contributed by atoms with van der Waals surface area (Å²) in [5, 5.41) is 3.28. The molecule has 13 heteroatoms. The van der Waals surface area contributed by atoms with E-state index in [1.165, 1.54) is 18.3 Å². The first kappa shape index (κ1) is 33.8. The molecule has 3 amide bonds. The van der Waals surface area contributed by atoms with E-state index < -0.39 is 41.2 Å². The van der Waals surface area contributed by atoms with Gasteiger partial charge in [-0.1, -0.05) is 12.1 Å². The molecule has 1 aliphatic rings. The van der Waals surface area contributed by atoms with Gasteiger partial charge in [0.2, 0.25) is 12.0 Å². The number of esters is 1. The number of pyridine rings is 2. The number of hydrogen-bond acceptors (Lipinski definition) is 11. The van der Waals surface area contributed by atoms with Crippen LogP contribution in [0.5, 0.6) is 17.4 Å². The average Bonchev–Trinajstić information content (AvgIpc) is 3.22. The van der Waals surface area contributed by atoms with Gasteiger partial charge in [-0.05, 0) is 78.6 Å². The van der Waals surface area contributed by atoms with Crippen LogP contribution < -0.4 is 14.8 Å². The number of carbonyl (C=O) groups excluding carboxylic acids is 4. The van der Waals surface area contributed by atoms with E-state index in [0.29, 0.717) is 30.2 Å². The fourth-order valence-electron chi connectivity index (χ4n) is 4.18. The van der Waals surface area contributed by atoms with Crippen molar-refractivity contribution in [2.45, 2.75) is 71.7 Å². The minimum atomic E-state index is -1.44. The summed E-state index contributed by atoms with van der Waals surface area (Å²) >= 11 is 0. The largest absolute Gasteiger partial charge is 0.489 e. The summed E-state index contributed by atoms with van der Waals surface area (Å²) in [5.74, 6) is -1.09. The molecule has 3 heterocycles. The summed E-state index contributed by atoms with van der Waals surface area (Å²) in [7, 11) is 0. The molecule has 0 saturated heterocycles. The first-order valence-corrected chi connectivity index (χ1v) is 14.7. The second-order valence-corrected chi connectivity index (χ2v) is 12.3. The predicted molar refractivity (Wildman–Crippen MR) is 164 cm³/mol. The number of hydroxylamine groups is 2. The molecule has 1 aromatic carbocycles. The van der Waals surface area contributed by atoms with Gasteiger partial charge in [0.25, 0.3) is 11.8 Å². The first-order chi connectivity index (χ1) is 21.7. The SMILES string of the molecule is CC(C)(C)OC(=O)NCCCc1cnccc1Oc1ccc(OCC(ON2C(=O)c3ccccc3C2=O)C(=O)OC(C)(C)C)cn1. The number of carbonyl (C=O) groups is 4. The van der Waals surface area contributed by atoms with E-state index >= 15 is 0 Å². The fraction of sp³-hybridized carbons (Fsp3) is 0.394. The summed E-state index contributed by atoms with van der Waals surface area (Å²) < 4.78 is 22.4. The molecular formula is C33H38N4O9. The van der Waals surface area contributed by atoms with Crippen LogP contribution in [0.4, 0.5) is 4.79 Å². The van der Waals surface area contributed by atoms with Crippen LogP contribution in [-0.4, -0.2) is 69.4 Å². The topological polar surface area (TPSA) is 155 Å². The van der Waals surface area contributed by atoms with Crippen LogP contribution in [0, 0.1) is 0 Å². The Labute approximate surface area is 267 Å². The molecule has 0 spiro atoms. The van der Waals surface area contributed by atoms with Gasteiger partial charge < -0.3 is 24.3 Å². The smallest absolute Gasteiger partial charge is 0.407 e. The molecule has 1 unspecified atom stereocenters. The predicted octanol–water partition coefficient (Wildman–Crippen LogP) is 5.04. The van der Waals surface area contributed by atoms with Gasteiger partial charge in [-0.3, -0.25) is 14.6 Å². The number of fused-ring (bicyclic) bond motifs is 1. The molecule has 0 radical (unpaired) electrons. The Morgan fingerprint density at radius 3 is 2.17 bits per heavy atom. The van der Waals surface area contributed by atoms with Gasteiger partial charge in [-0.25, -0.2) is 19.4 Å². The number of imide groups is 1. The number of alkyl carbamates (subject to hydrolysis) is 1. The van der Waals surface area contributed by atoms with Crippen LogP contribution in [0.1, 0.15) is 74.2 Å².